The van der Waals surface area contributed by atoms with Crippen LogP contribution in [-0.4, -0.2) is 83.5 Å². The molecule has 0 fully saturated rings. The standard InChI is InChI=1S/C19H36N2O7/c1-4-18(23)20-6-8-26-10-12-28-14-13-27-11-9-25-7-5-19(24)21-17(15-22)16(2)3/h15-17H,4-14H2,1-3H3,(H,20,23)(H,21,24). The highest BCUT2D eigenvalue weighted by Crippen LogP contribution is 1.98. The van der Waals surface area contributed by atoms with Gasteiger partial charge in [-0.25, -0.2) is 0 Å². The highest BCUT2D eigenvalue weighted by atomic mass is 16.6. The van der Waals surface area contributed by atoms with Crippen LogP contribution in [0.2, 0.25) is 0 Å². The maximum absolute atomic E-state index is 11.7. The van der Waals surface area contributed by atoms with Crippen molar-refractivity contribution in [2.45, 2.75) is 39.7 Å². The lowest BCUT2D eigenvalue weighted by Gasteiger charge is -2.16. The second kappa shape index (κ2) is 18.8. The van der Waals surface area contributed by atoms with Gasteiger partial charge in [0.25, 0.3) is 0 Å². The van der Waals surface area contributed by atoms with Gasteiger partial charge in [-0.2, -0.15) is 0 Å². The van der Waals surface area contributed by atoms with Crippen LogP contribution in [0.5, 0.6) is 0 Å². The summed E-state index contributed by atoms with van der Waals surface area (Å²) in [5.41, 5.74) is 0. The van der Waals surface area contributed by atoms with Crippen molar-refractivity contribution in [1.82, 2.24) is 10.6 Å². The monoisotopic (exact) mass is 404 g/mol. The number of hydrogen-bond acceptors (Lipinski definition) is 7. The zero-order chi connectivity index (χ0) is 21.0. The highest BCUT2D eigenvalue weighted by Gasteiger charge is 2.14. The molecule has 0 aliphatic heterocycles. The lowest BCUT2D eigenvalue weighted by molar-refractivity contribution is -0.125. The summed E-state index contributed by atoms with van der Waals surface area (Å²) in [6.07, 6.45) is 1.43. The van der Waals surface area contributed by atoms with Crippen LogP contribution in [0.25, 0.3) is 0 Å². The van der Waals surface area contributed by atoms with Crippen LogP contribution >= 0.6 is 0 Å². The third-order valence-electron chi connectivity index (χ3n) is 3.67. The molecule has 0 aliphatic rings. The summed E-state index contributed by atoms with van der Waals surface area (Å²) in [5.74, 6) is -0.116. The van der Waals surface area contributed by atoms with Gasteiger partial charge in [-0.05, 0) is 5.92 Å². The molecule has 9 nitrogen and oxygen atoms in total. The smallest absolute Gasteiger partial charge is 0.222 e. The van der Waals surface area contributed by atoms with E-state index < -0.39 is 6.04 Å². The molecule has 0 heterocycles. The molecular weight excluding hydrogens is 368 g/mol. The van der Waals surface area contributed by atoms with E-state index >= 15 is 0 Å². The Balaban J connectivity index is 3.28. The maximum atomic E-state index is 11.7. The molecule has 1 unspecified atom stereocenters. The Hall–Kier alpha value is -1.55. The minimum Gasteiger partial charge on any atom is -0.379 e. The van der Waals surface area contributed by atoms with Crippen LogP contribution in [0.1, 0.15) is 33.6 Å². The third kappa shape index (κ3) is 16.6. The van der Waals surface area contributed by atoms with Gasteiger partial charge in [0.15, 0.2) is 0 Å². The molecule has 0 rings (SSSR count). The molecule has 0 bridgehead atoms. The summed E-state index contributed by atoms with van der Waals surface area (Å²) >= 11 is 0. The predicted octanol–water partition coefficient (Wildman–Crippen LogP) is 0.309. The zero-order valence-corrected chi connectivity index (χ0v) is 17.4. The van der Waals surface area contributed by atoms with Gasteiger partial charge in [-0.15, -0.1) is 0 Å². The average Bonchev–Trinajstić information content (AvgIpc) is 2.68. The van der Waals surface area contributed by atoms with Crippen molar-refractivity contribution in [3.63, 3.8) is 0 Å². The first-order valence-electron chi connectivity index (χ1n) is 9.83. The van der Waals surface area contributed by atoms with Gasteiger partial charge < -0.3 is 34.4 Å². The maximum Gasteiger partial charge on any atom is 0.222 e. The molecular formula is C19H36N2O7. The van der Waals surface area contributed by atoms with Gasteiger partial charge in [0.05, 0.1) is 58.9 Å². The molecule has 28 heavy (non-hydrogen) atoms. The number of ether oxygens (including phenoxy) is 4. The van der Waals surface area contributed by atoms with Crippen molar-refractivity contribution < 1.29 is 33.3 Å². The summed E-state index contributed by atoms with van der Waals surface area (Å²) in [7, 11) is 0. The number of carbonyl (C=O) groups excluding carboxylic acids is 3. The van der Waals surface area contributed by atoms with Crippen molar-refractivity contribution in [3.05, 3.63) is 0 Å². The van der Waals surface area contributed by atoms with E-state index in [1.165, 1.54) is 0 Å². The van der Waals surface area contributed by atoms with E-state index in [9.17, 15) is 14.4 Å². The Kier molecular flexibility index (Phi) is 17.8. The van der Waals surface area contributed by atoms with Crippen LogP contribution in [-0.2, 0) is 33.3 Å². The molecule has 9 heteroatoms. The topological polar surface area (TPSA) is 112 Å². The first kappa shape index (κ1) is 26.4. The lowest BCUT2D eigenvalue weighted by Crippen LogP contribution is -2.40. The fourth-order valence-corrected chi connectivity index (χ4v) is 1.93. The molecule has 2 amide bonds. The van der Waals surface area contributed by atoms with Gasteiger partial charge in [-0.1, -0.05) is 20.8 Å². The summed E-state index contributed by atoms with van der Waals surface area (Å²) in [6, 6.07) is -0.455. The number of carbonyl (C=O) groups is 3. The molecule has 164 valence electrons. The number of aldehydes is 1. The van der Waals surface area contributed by atoms with Crippen LogP contribution in [0.4, 0.5) is 0 Å². The first-order valence-corrected chi connectivity index (χ1v) is 9.83. The molecule has 0 saturated carbocycles. The van der Waals surface area contributed by atoms with Crippen molar-refractivity contribution in [2.75, 3.05) is 59.4 Å². The fourth-order valence-electron chi connectivity index (χ4n) is 1.93. The Labute approximate surface area is 167 Å². The second-order valence-corrected chi connectivity index (χ2v) is 6.38. The van der Waals surface area contributed by atoms with Crippen LogP contribution in [0, 0.1) is 5.92 Å². The Bertz CT molecular complexity index is 419. The summed E-state index contributed by atoms with van der Waals surface area (Å²) in [4.78, 5) is 33.5. The van der Waals surface area contributed by atoms with Gasteiger partial charge in [0.1, 0.15) is 6.29 Å². The number of amides is 2. The van der Waals surface area contributed by atoms with Gasteiger partial charge >= 0.3 is 0 Å². The summed E-state index contributed by atoms with van der Waals surface area (Å²) < 4.78 is 21.3. The van der Waals surface area contributed by atoms with Gasteiger partial charge in [0.2, 0.25) is 11.8 Å². The molecule has 0 radical (unpaired) electrons. The molecule has 0 saturated heterocycles. The Morgan fingerprint density at radius 2 is 1.32 bits per heavy atom. The molecule has 0 aliphatic carbocycles. The van der Waals surface area contributed by atoms with Crippen molar-refractivity contribution in [1.29, 1.82) is 0 Å². The van der Waals surface area contributed by atoms with E-state index in [2.05, 4.69) is 10.6 Å². The largest absolute Gasteiger partial charge is 0.379 e. The van der Waals surface area contributed by atoms with Crippen molar-refractivity contribution >= 4 is 18.1 Å². The van der Waals surface area contributed by atoms with E-state index in [1.807, 2.05) is 13.8 Å². The summed E-state index contributed by atoms with van der Waals surface area (Å²) in [6.45, 7) is 9.46. The quantitative estimate of drug-likeness (QED) is 0.235. The number of nitrogens with one attached hydrogen (secondary N) is 2. The van der Waals surface area contributed by atoms with E-state index in [4.69, 9.17) is 18.9 Å². The average molecular weight is 405 g/mol. The number of hydrogen-bond donors (Lipinski definition) is 2. The van der Waals surface area contributed by atoms with Crippen molar-refractivity contribution in [3.8, 4) is 0 Å². The second-order valence-electron chi connectivity index (χ2n) is 6.38. The van der Waals surface area contributed by atoms with E-state index in [-0.39, 0.29) is 30.8 Å². The normalized spacial score (nSPS) is 12.0. The Morgan fingerprint density at radius 1 is 0.821 bits per heavy atom. The SMILES string of the molecule is CCC(=O)NCCOCCOCCOCCOCCC(=O)NC(C=O)C(C)C. The van der Waals surface area contributed by atoms with Crippen molar-refractivity contribution in [2.24, 2.45) is 5.92 Å². The molecule has 0 aromatic heterocycles. The van der Waals surface area contributed by atoms with Crippen LogP contribution in [0.15, 0.2) is 0 Å². The van der Waals surface area contributed by atoms with Gasteiger partial charge in [0, 0.05) is 19.4 Å². The molecule has 0 aromatic carbocycles. The van der Waals surface area contributed by atoms with E-state index in [0.717, 1.165) is 6.29 Å². The van der Waals surface area contributed by atoms with Gasteiger partial charge in [-0.3, -0.25) is 9.59 Å². The molecule has 1 atom stereocenters. The predicted molar refractivity (Wildman–Crippen MR) is 104 cm³/mol. The minimum atomic E-state index is -0.455. The lowest BCUT2D eigenvalue weighted by atomic mass is 10.1. The number of rotatable bonds is 19. The fraction of sp³-hybridized carbons (Fsp3) is 0.842. The molecule has 2 N–H and O–H groups in total. The van der Waals surface area contributed by atoms with E-state index in [1.54, 1.807) is 6.92 Å². The van der Waals surface area contributed by atoms with Crippen LogP contribution in [0.3, 0.4) is 0 Å². The highest BCUT2D eigenvalue weighted by molar-refractivity contribution is 5.79. The van der Waals surface area contributed by atoms with Crippen LogP contribution < -0.4 is 10.6 Å². The summed E-state index contributed by atoms with van der Waals surface area (Å²) in [5, 5.41) is 5.38. The molecule has 0 aromatic rings. The molecule has 0 spiro atoms. The minimum absolute atomic E-state index is 0.0157. The zero-order valence-electron chi connectivity index (χ0n) is 17.4. The Morgan fingerprint density at radius 3 is 1.79 bits per heavy atom. The first-order chi connectivity index (χ1) is 13.5. The van der Waals surface area contributed by atoms with E-state index in [0.29, 0.717) is 59.2 Å². The third-order valence-corrected chi connectivity index (χ3v) is 3.67.